The Morgan fingerprint density at radius 1 is 1.12 bits per heavy atom. The normalized spacial score (nSPS) is 10.5. The molecule has 3 aromatic carbocycles. The molecule has 0 aliphatic rings. The molecule has 10 heteroatoms. The number of carbonyl (C=O) groups is 1. The van der Waals surface area contributed by atoms with Crippen molar-refractivity contribution in [2.75, 3.05) is 12.4 Å². The van der Waals surface area contributed by atoms with Crippen LogP contribution < -0.4 is 15.4 Å². The first-order chi connectivity index (χ1) is 15.4. The van der Waals surface area contributed by atoms with Crippen LogP contribution in [0.25, 0.3) is 22.6 Å². The first-order valence-corrected chi connectivity index (χ1v) is 9.75. The number of thiocarbonyl (C=S) groups is 1. The van der Waals surface area contributed by atoms with Gasteiger partial charge in [0, 0.05) is 35.0 Å². The number of ether oxygens (including phenoxy) is 1. The summed E-state index contributed by atoms with van der Waals surface area (Å²) >= 11 is 5.17. The molecule has 9 nitrogen and oxygen atoms in total. The summed E-state index contributed by atoms with van der Waals surface area (Å²) in [4.78, 5) is 27.1. The van der Waals surface area contributed by atoms with Gasteiger partial charge in [-0.3, -0.25) is 20.2 Å². The van der Waals surface area contributed by atoms with E-state index in [-0.39, 0.29) is 16.4 Å². The summed E-state index contributed by atoms with van der Waals surface area (Å²) in [6.07, 6.45) is 0. The fourth-order valence-corrected chi connectivity index (χ4v) is 3.16. The predicted octanol–water partition coefficient (Wildman–Crippen LogP) is 4.54. The van der Waals surface area contributed by atoms with Crippen molar-refractivity contribution in [3.05, 3.63) is 82.4 Å². The number of carbonyl (C=O) groups excluding carboxylic acids is 1. The molecule has 1 heterocycles. The topological polar surface area (TPSA) is 120 Å². The minimum atomic E-state index is -0.567. The third-order valence-electron chi connectivity index (χ3n) is 4.53. The molecule has 0 spiro atoms. The molecule has 0 aliphatic carbocycles. The summed E-state index contributed by atoms with van der Waals surface area (Å²) in [5, 5.41) is 16.3. The summed E-state index contributed by atoms with van der Waals surface area (Å²) in [6, 6.07) is 17.9. The van der Waals surface area contributed by atoms with Crippen molar-refractivity contribution >= 4 is 45.7 Å². The van der Waals surface area contributed by atoms with E-state index in [1.165, 1.54) is 24.3 Å². The number of oxazole rings is 1. The highest BCUT2D eigenvalue weighted by Gasteiger charge is 2.13. The molecule has 0 saturated carbocycles. The third-order valence-corrected chi connectivity index (χ3v) is 4.73. The number of fused-ring (bicyclic) bond motifs is 1. The fraction of sp³-hybridized carbons (Fsp3) is 0.0455. The van der Waals surface area contributed by atoms with Crippen molar-refractivity contribution in [3.63, 3.8) is 0 Å². The highest BCUT2D eigenvalue weighted by atomic mass is 32.1. The molecule has 0 aliphatic heterocycles. The summed E-state index contributed by atoms with van der Waals surface area (Å²) in [5.41, 5.74) is 2.68. The fourth-order valence-electron chi connectivity index (χ4n) is 2.95. The van der Waals surface area contributed by atoms with Gasteiger partial charge < -0.3 is 14.5 Å². The number of rotatable bonds is 5. The number of hydrogen-bond acceptors (Lipinski definition) is 7. The molecule has 0 atom stereocenters. The van der Waals surface area contributed by atoms with Crippen LogP contribution in [-0.4, -0.2) is 28.0 Å². The molecule has 0 fully saturated rings. The zero-order chi connectivity index (χ0) is 22.7. The van der Waals surface area contributed by atoms with Gasteiger partial charge in [-0.15, -0.1) is 0 Å². The molecule has 0 bridgehead atoms. The maximum Gasteiger partial charge on any atom is 0.270 e. The van der Waals surface area contributed by atoms with Crippen LogP contribution in [0.4, 0.5) is 11.4 Å². The maximum absolute atomic E-state index is 12.3. The number of amides is 1. The molecule has 4 rings (SSSR count). The van der Waals surface area contributed by atoms with Crippen molar-refractivity contribution in [2.45, 2.75) is 0 Å². The maximum atomic E-state index is 12.3. The lowest BCUT2D eigenvalue weighted by atomic mass is 10.2. The van der Waals surface area contributed by atoms with Gasteiger partial charge in [0.2, 0.25) is 5.89 Å². The quantitative estimate of drug-likeness (QED) is 0.259. The molecule has 160 valence electrons. The Kier molecular flexibility index (Phi) is 5.77. The Hall–Kier alpha value is -4.31. The molecule has 1 amide bonds. The molecule has 4 aromatic rings. The summed E-state index contributed by atoms with van der Waals surface area (Å²) in [7, 11) is 1.59. The summed E-state index contributed by atoms with van der Waals surface area (Å²) in [6.45, 7) is 0. The van der Waals surface area contributed by atoms with Crippen molar-refractivity contribution in [3.8, 4) is 17.2 Å². The van der Waals surface area contributed by atoms with Crippen LogP contribution in [0.1, 0.15) is 10.4 Å². The number of nitrogens with zero attached hydrogens (tertiary/aromatic N) is 2. The summed E-state index contributed by atoms with van der Waals surface area (Å²) in [5.74, 6) is 0.601. The highest BCUT2D eigenvalue weighted by molar-refractivity contribution is 7.80. The molecular formula is C22H16N4O5S. The first kappa shape index (κ1) is 20.9. The average molecular weight is 448 g/mol. The van der Waals surface area contributed by atoms with E-state index in [0.717, 1.165) is 5.56 Å². The van der Waals surface area contributed by atoms with Gasteiger partial charge in [-0.2, -0.15) is 0 Å². The number of nitro benzene ring substituents is 1. The van der Waals surface area contributed by atoms with Crippen molar-refractivity contribution < 1.29 is 18.9 Å². The van der Waals surface area contributed by atoms with Crippen LogP contribution in [0.15, 0.2) is 71.1 Å². The van der Waals surface area contributed by atoms with Gasteiger partial charge in [-0.25, -0.2) is 4.98 Å². The van der Waals surface area contributed by atoms with E-state index in [1.54, 1.807) is 49.6 Å². The second-order valence-electron chi connectivity index (χ2n) is 6.65. The zero-order valence-corrected chi connectivity index (χ0v) is 17.5. The van der Waals surface area contributed by atoms with Crippen LogP contribution in [0.3, 0.4) is 0 Å². The van der Waals surface area contributed by atoms with Gasteiger partial charge in [0.05, 0.1) is 12.0 Å². The van der Waals surface area contributed by atoms with E-state index >= 15 is 0 Å². The summed E-state index contributed by atoms with van der Waals surface area (Å²) < 4.78 is 11.0. The molecular weight excluding hydrogens is 432 g/mol. The molecule has 0 unspecified atom stereocenters. The second-order valence-corrected chi connectivity index (χ2v) is 7.05. The number of hydrogen-bond donors (Lipinski definition) is 2. The van der Waals surface area contributed by atoms with Gasteiger partial charge in [-0.05, 0) is 54.7 Å². The molecule has 32 heavy (non-hydrogen) atoms. The van der Waals surface area contributed by atoms with Gasteiger partial charge in [0.1, 0.15) is 11.3 Å². The number of nitro groups is 1. The van der Waals surface area contributed by atoms with Gasteiger partial charge >= 0.3 is 0 Å². The largest absolute Gasteiger partial charge is 0.497 e. The monoisotopic (exact) mass is 448 g/mol. The Bertz CT molecular complexity index is 1330. The van der Waals surface area contributed by atoms with Crippen LogP contribution in [0, 0.1) is 10.1 Å². The van der Waals surface area contributed by atoms with Gasteiger partial charge in [0.15, 0.2) is 10.7 Å². The Labute approximate surface area is 187 Å². The van der Waals surface area contributed by atoms with E-state index in [4.69, 9.17) is 21.4 Å². The standard InChI is InChI=1S/C22H16N4O5S/c1-30-17-9-10-19-18(12-17)24-21(31-19)13-5-7-15(8-6-13)23-22(32)25-20(27)14-3-2-4-16(11-14)26(28)29/h2-12H,1H3,(H2,23,25,27,32). The molecule has 0 radical (unpaired) electrons. The van der Waals surface area contributed by atoms with Crippen molar-refractivity contribution in [2.24, 2.45) is 0 Å². The minimum Gasteiger partial charge on any atom is -0.497 e. The Balaban J connectivity index is 1.42. The van der Waals surface area contributed by atoms with Crippen LogP contribution in [0.5, 0.6) is 5.75 Å². The predicted molar refractivity (Wildman–Crippen MR) is 123 cm³/mol. The lowest BCUT2D eigenvalue weighted by Crippen LogP contribution is -2.34. The van der Waals surface area contributed by atoms with Crippen LogP contribution in [-0.2, 0) is 0 Å². The minimum absolute atomic E-state index is 0.0585. The first-order valence-electron chi connectivity index (χ1n) is 9.35. The SMILES string of the molecule is COc1ccc2oc(-c3ccc(NC(=S)NC(=O)c4cccc([N+](=O)[O-])c4)cc3)nc2c1. The number of nitrogens with one attached hydrogen (secondary N) is 2. The van der Waals surface area contributed by atoms with Crippen LogP contribution >= 0.6 is 12.2 Å². The lowest BCUT2D eigenvalue weighted by Gasteiger charge is -2.10. The number of methoxy groups -OCH3 is 1. The van der Waals surface area contributed by atoms with Gasteiger partial charge in [-0.1, -0.05) is 6.07 Å². The molecule has 1 aromatic heterocycles. The number of benzene rings is 3. The number of anilines is 1. The van der Waals surface area contributed by atoms with Gasteiger partial charge in [0.25, 0.3) is 11.6 Å². The van der Waals surface area contributed by atoms with E-state index in [2.05, 4.69) is 15.6 Å². The second kappa shape index (κ2) is 8.82. The van der Waals surface area contributed by atoms with Crippen LogP contribution in [0.2, 0.25) is 0 Å². The molecule has 2 N–H and O–H groups in total. The number of aromatic nitrogens is 1. The smallest absolute Gasteiger partial charge is 0.270 e. The van der Waals surface area contributed by atoms with Crippen molar-refractivity contribution in [1.29, 1.82) is 0 Å². The number of non-ortho nitro benzene ring substituents is 1. The van der Waals surface area contributed by atoms with E-state index in [0.29, 0.717) is 28.4 Å². The van der Waals surface area contributed by atoms with Crippen molar-refractivity contribution in [1.82, 2.24) is 10.3 Å². The lowest BCUT2D eigenvalue weighted by molar-refractivity contribution is -0.384. The molecule has 0 saturated heterocycles. The van der Waals surface area contributed by atoms with E-state index in [9.17, 15) is 14.9 Å². The average Bonchev–Trinajstić information content (AvgIpc) is 3.22. The Morgan fingerprint density at radius 2 is 1.91 bits per heavy atom. The third kappa shape index (κ3) is 4.55. The van der Waals surface area contributed by atoms with E-state index < -0.39 is 10.8 Å². The zero-order valence-electron chi connectivity index (χ0n) is 16.7. The van der Waals surface area contributed by atoms with E-state index in [1.807, 2.05) is 0 Å². The Morgan fingerprint density at radius 3 is 2.62 bits per heavy atom. The highest BCUT2D eigenvalue weighted by Crippen LogP contribution is 2.27.